The van der Waals surface area contributed by atoms with Crippen LogP contribution in [0.1, 0.15) is 370 Å². The Balaban J connectivity index is -0.0000000217. The third-order valence-corrected chi connectivity index (χ3v) is 10.8. The molecule has 0 aliphatic carbocycles. The summed E-state index contributed by atoms with van der Waals surface area (Å²) < 4.78 is 7.33. The van der Waals surface area contributed by atoms with Crippen molar-refractivity contribution in [1.82, 2.24) is 60.0 Å². The Labute approximate surface area is 619 Å². The second kappa shape index (κ2) is 111. The summed E-state index contributed by atoms with van der Waals surface area (Å²) in [6.07, 6.45) is 20.0. The van der Waals surface area contributed by atoms with Crippen molar-refractivity contribution in [3.8, 4) is 0 Å². The summed E-state index contributed by atoms with van der Waals surface area (Å²) in [5.74, 6) is 0. The molecule has 7 aromatic rings. The quantitative estimate of drug-likeness (QED) is 0.0883. The molecule has 0 atom stereocenters. The molecular formula is C84H204N12. The molecule has 0 saturated carbocycles. The van der Waals surface area contributed by atoms with Crippen molar-refractivity contribution >= 4 is 0 Å². The molecule has 0 radical (unpaired) electrons. The van der Waals surface area contributed by atoms with Crippen LogP contribution in [0.5, 0.6) is 0 Å². The summed E-state index contributed by atoms with van der Waals surface area (Å²) in [7, 11) is 0. The standard InChI is InChI=1S/C29H36.4C6H11N3.31CH4/c1-29(2,3)22-10-15-27-20-19-26(17-16-24-11-6-4-7-12-24)23-28(27)21-18-25-13-8-5-9-14-25;4*1-3-6-5-9(4-2)8-7-6;;;;;;;;;;;;;;;;;;;;;;;;;;;;;;;/h4-9,11-14,19-20,23H,10,15-18,21-22H2,1-3H3;4*5H,3-4H2,1-2H3;31*1H4. The maximum absolute atomic E-state index is 3.92. The van der Waals surface area contributed by atoms with Gasteiger partial charge >= 0.3 is 0 Å². The first-order valence-corrected chi connectivity index (χ1v) is 24.2. The van der Waals surface area contributed by atoms with Crippen molar-refractivity contribution in [2.75, 3.05) is 0 Å². The Morgan fingerprint density at radius 1 is 0.271 bits per heavy atom. The van der Waals surface area contributed by atoms with Crippen molar-refractivity contribution in [3.05, 3.63) is 154 Å². The lowest BCUT2D eigenvalue weighted by Gasteiger charge is -2.19. The number of hydrogen-bond donors (Lipinski definition) is 0. The Morgan fingerprint density at radius 3 is 0.719 bits per heavy atom. The third-order valence-electron chi connectivity index (χ3n) is 10.8. The van der Waals surface area contributed by atoms with Crippen LogP contribution in [0, 0.1) is 5.41 Å². The van der Waals surface area contributed by atoms with Gasteiger partial charge in [0, 0.05) is 51.0 Å². The molecule has 0 spiro atoms. The lowest BCUT2D eigenvalue weighted by molar-refractivity contribution is 0.365. The minimum absolute atomic E-state index is 0. The van der Waals surface area contributed by atoms with Crippen molar-refractivity contribution in [2.24, 2.45) is 5.41 Å². The van der Waals surface area contributed by atoms with E-state index in [1.807, 2.05) is 71.2 Å². The van der Waals surface area contributed by atoms with Gasteiger partial charge in [-0.3, -0.25) is 18.7 Å². The molecule has 0 fully saturated rings. The molecule has 0 saturated heterocycles. The second-order valence-corrected chi connectivity index (χ2v) is 17.2. The van der Waals surface area contributed by atoms with E-state index in [-0.39, 0.29) is 230 Å². The average molecular weight is 1380 g/mol. The van der Waals surface area contributed by atoms with E-state index in [2.05, 4.69) is 169 Å². The predicted molar refractivity (Wildman–Crippen MR) is 475 cm³/mol. The Hall–Kier alpha value is -5.78. The van der Waals surface area contributed by atoms with Gasteiger partial charge in [-0.05, 0) is 132 Å². The Bertz CT molecular complexity index is 2010. The monoisotopic (exact) mass is 1380 g/mol. The van der Waals surface area contributed by atoms with Gasteiger partial charge in [0.2, 0.25) is 0 Å². The normalized spacial score (nSPS) is 7.24. The lowest BCUT2D eigenvalue weighted by atomic mass is 9.87. The van der Waals surface area contributed by atoms with Gasteiger partial charge < -0.3 is 0 Å². The average Bonchev–Trinajstić information content (AvgIpc) is 4.19. The van der Waals surface area contributed by atoms with E-state index in [1.165, 1.54) is 36.0 Å². The molecule has 0 bridgehead atoms. The van der Waals surface area contributed by atoms with E-state index in [0.717, 1.165) is 100 Å². The van der Waals surface area contributed by atoms with Gasteiger partial charge in [0.1, 0.15) is 0 Å². The van der Waals surface area contributed by atoms with E-state index in [1.54, 1.807) is 11.1 Å². The molecule has 0 N–H and O–H groups in total. The van der Waals surface area contributed by atoms with Gasteiger partial charge in [-0.25, -0.2) is 0 Å². The smallest absolute Gasteiger partial charge is 0.0824 e. The van der Waals surface area contributed by atoms with E-state index < -0.39 is 0 Å². The van der Waals surface area contributed by atoms with Gasteiger partial charge in [0.15, 0.2) is 0 Å². The lowest BCUT2D eigenvalue weighted by Crippen LogP contribution is -2.06. The first-order chi connectivity index (χ1) is 31.4. The summed E-state index contributed by atoms with van der Waals surface area (Å²) in [5.41, 5.74) is 12.1. The summed E-state index contributed by atoms with van der Waals surface area (Å²) in [5, 5.41) is 31.2. The van der Waals surface area contributed by atoms with Gasteiger partial charge in [0.25, 0.3) is 0 Å². The summed E-state index contributed by atoms with van der Waals surface area (Å²) in [4.78, 5) is 0. The van der Waals surface area contributed by atoms with E-state index >= 15 is 0 Å². The van der Waals surface area contributed by atoms with Crippen LogP contribution >= 0.6 is 0 Å². The van der Waals surface area contributed by atoms with Crippen LogP contribution in [0.25, 0.3) is 0 Å². The first kappa shape index (κ1) is 192. The molecule has 7 rings (SSSR count). The molecule has 0 aliphatic heterocycles. The fourth-order valence-corrected chi connectivity index (χ4v) is 6.60. The number of rotatable bonds is 17. The zero-order valence-corrected chi connectivity index (χ0v) is 41.8. The molecule has 4 heterocycles. The molecule has 0 unspecified atom stereocenters. The number of benzene rings is 3. The molecule has 3 aromatic carbocycles. The molecule has 12 nitrogen and oxygen atoms in total. The molecule has 600 valence electrons. The summed E-state index contributed by atoms with van der Waals surface area (Å²) >= 11 is 0. The first-order valence-electron chi connectivity index (χ1n) is 24.2. The van der Waals surface area contributed by atoms with Crippen molar-refractivity contribution in [2.45, 2.75) is 403 Å². The molecule has 0 amide bonds. The van der Waals surface area contributed by atoms with E-state index in [4.69, 9.17) is 0 Å². The fourth-order valence-electron chi connectivity index (χ4n) is 6.60. The summed E-state index contributed by atoms with van der Waals surface area (Å²) in [6.45, 7) is 27.2. The maximum Gasteiger partial charge on any atom is 0.0824 e. The SMILES string of the molecule is C.C.C.C.C.C.C.C.C.C.C.C.C.C.C.C.C.C.C.C.C.C.C.C.C.C.C.C.C.C.C.CC(C)(C)CCCc1ccc(CCc2ccccc2)cc1CCc1ccccc1.CCc1cn(CC)nn1.CCc1cn(CC)nn1.CCc1cn(CC)nn1.CCc1cn(CC)nn1. The highest BCUT2D eigenvalue weighted by molar-refractivity contribution is 5.34. The molecule has 96 heavy (non-hydrogen) atoms. The minimum atomic E-state index is 0. The van der Waals surface area contributed by atoms with E-state index in [9.17, 15) is 0 Å². The van der Waals surface area contributed by atoms with Crippen LogP contribution in [0.2, 0.25) is 0 Å². The zero-order valence-electron chi connectivity index (χ0n) is 41.8. The highest BCUT2D eigenvalue weighted by Gasteiger charge is 2.12. The Kier molecular flexibility index (Phi) is 221. The highest BCUT2D eigenvalue weighted by Crippen LogP contribution is 2.24. The third kappa shape index (κ3) is 78.9. The molecule has 0 aliphatic rings. The number of hydrogen-bond acceptors (Lipinski definition) is 8. The number of aromatic nitrogens is 12. The van der Waals surface area contributed by atoms with Crippen molar-refractivity contribution < 1.29 is 0 Å². The number of nitrogens with zero attached hydrogens (tertiary/aromatic N) is 12. The van der Waals surface area contributed by atoms with Gasteiger partial charge in [-0.15, -0.1) is 20.4 Å². The molecule has 12 heteroatoms. The van der Waals surface area contributed by atoms with Crippen LogP contribution < -0.4 is 0 Å². The van der Waals surface area contributed by atoms with Crippen molar-refractivity contribution in [3.63, 3.8) is 0 Å². The Morgan fingerprint density at radius 2 is 0.510 bits per heavy atom. The molecular weight excluding hydrogens is 1180 g/mol. The van der Waals surface area contributed by atoms with Crippen LogP contribution in [-0.4, -0.2) is 60.0 Å². The van der Waals surface area contributed by atoms with Crippen LogP contribution in [-0.2, 0) is 84.0 Å². The van der Waals surface area contributed by atoms with E-state index in [0.29, 0.717) is 5.41 Å². The van der Waals surface area contributed by atoms with Crippen LogP contribution in [0.15, 0.2) is 104 Å². The zero-order chi connectivity index (χ0) is 47.3. The largest absolute Gasteiger partial charge is 0.253 e. The topological polar surface area (TPSA) is 123 Å². The maximum atomic E-state index is 3.92. The van der Waals surface area contributed by atoms with Gasteiger partial charge in [0.05, 0.1) is 22.8 Å². The fraction of sp³-hybridized carbons (Fsp3) is 0.690. The molecule has 4 aromatic heterocycles. The van der Waals surface area contributed by atoms with Crippen LogP contribution in [0.3, 0.4) is 0 Å². The number of aryl methyl sites for hydroxylation is 13. The minimum Gasteiger partial charge on any atom is -0.253 e. The van der Waals surface area contributed by atoms with Gasteiger partial charge in [-0.1, -0.05) is 378 Å². The summed E-state index contributed by atoms with van der Waals surface area (Å²) in [6, 6.07) is 29.0. The van der Waals surface area contributed by atoms with Crippen molar-refractivity contribution in [1.29, 1.82) is 0 Å². The predicted octanol–water partition coefficient (Wildman–Crippen LogP) is 30.8. The van der Waals surface area contributed by atoms with Crippen LogP contribution in [0.4, 0.5) is 0 Å². The highest BCUT2D eigenvalue weighted by atomic mass is 15.4. The van der Waals surface area contributed by atoms with Gasteiger partial charge in [-0.2, -0.15) is 0 Å². The second-order valence-electron chi connectivity index (χ2n) is 17.2.